The Morgan fingerprint density at radius 1 is 1.10 bits per heavy atom. The number of ether oxygens (including phenoxy) is 1. The van der Waals surface area contributed by atoms with Crippen molar-refractivity contribution < 1.29 is 14.3 Å². The number of aromatic nitrogens is 2. The number of carbonyl (C=O) groups excluding carboxylic acids is 2. The molecule has 3 aliphatic rings. The Bertz CT molecular complexity index is 961. The summed E-state index contributed by atoms with van der Waals surface area (Å²) in [5, 5.41) is 4.48. The molecule has 2 aromatic rings. The average molecular weight is 394 g/mol. The largest absolute Gasteiger partial charge is 0.446 e. The first-order valence-electron chi connectivity index (χ1n) is 10.5. The van der Waals surface area contributed by atoms with Crippen molar-refractivity contribution in [2.75, 3.05) is 16.3 Å². The summed E-state index contributed by atoms with van der Waals surface area (Å²) < 4.78 is 7.70. The summed E-state index contributed by atoms with van der Waals surface area (Å²) in [7, 11) is 0. The number of amides is 2. The maximum Gasteiger partial charge on any atom is 0.414 e. The standard InChI is InChI=1S/C22H26N4O3/c1-14-12-24(22(28)29-19-4-3-5-19)21-10-16(6-9-20(21)26(14)15(2)27)17-11-23-25(13-17)18-7-8-18/h6,9-11,13-14,18-19H,3-5,7-8,12H2,1-2H3. The molecule has 0 radical (unpaired) electrons. The van der Waals surface area contributed by atoms with Gasteiger partial charge in [0, 0.05) is 25.2 Å². The second-order valence-electron chi connectivity index (χ2n) is 8.43. The van der Waals surface area contributed by atoms with E-state index in [0.717, 1.165) is 41.8 Å². The number of anilines is 2. The number of hydrogen-bond acceptors (Lipinski definition) is 4. The highest BCUT2D eigenvalue weighted by Gasteiger charge is 2.36. The molecule has 152 valence electrons. The molecule has 29 heavy (non-hydrogen) atoms. The topological polar surface area (TPSA) is 67.7 Å². The molecule has 7 nitrogen and oxygen atoms in total. The number of nitrogens with zero attached hydrogens (tertiary/aromatic N) is 4. The van der Waals surface area contributed by atoms with Crippen LogP contribution in [0.25, 0.3) is 11.1 Å². The molecule has 2 fully saturated rings. The lowest BCUT2D eigenvalue weighted by molar-refractivity contribution is -0.117. The molecule has 5 rings (SSSR count). The molecular weight excluding hydrogens is 368 g/mol. The summed E-state index contributed by atoms with van der Waals surface area (Å²) in [4.78, 5) is 28.7. The Morgan fingerprint density at radius 2 is 1.90 bits per heavy atom. The third-order valence-corrected chi connectivity index (χ3v) is 6.15. The second-order valence-corrected chi connectivity index (χ2v) is 8.43. The van der Waals surface area contributed by atoms with Crippen molar-refractivity contribution in [3.05, 3.63) is 30.6 Å². The van der Waals surface area contributed by atoms with Crippen LogP contribution in [0.2, 0.25) is 0 Å². The van der Waals surface area contributed by atoms with Gasteiger partial charge in [0.15, 0.2) is 0 Å². The number of rotatable bonds is 3. The van der Waals surface area contributed by atoms with Crippen molar-refractivity contribution >= 4 is 23.4 Å². The van der Waals surface area contributed by atoms with Crippen molar-refractivity contribution in [2.24, 2.45) is 0 Å². The average Bonchev–Trinajstić information content (AvgIpc) is 3.40. The number of hydrogen-bond donors (Lipinski definition) is 0. The number of carbonyl (C=O) groups is 2. The van der Waals surface area contributed by atoms with Gasteiger partial charge in [0.2, 0.25) is 5.91 Å². The molecule has 2 saturated carbocycles. The van der Waals surface area contributed by atoms with Crippen LogP contribution in [0.3, 0.4) is 0 Å². The molecule has 2 heterocycles. The van der Waals surface area contributed by atoms with Crippen LogP contribution >= 0.6 is 0 Å². The van der Waals surface area contributed by atoms with Gasteiger partial charge in [-0.3, -0.25) is 14.4 Å². The van der Waals surface area contributed by atoms with Crippen molar-refractivity contribution in [3.8, 4) is 11.1 Å². The predicted molar refractivity (Wildman–Crippen MR) is 110 cm³/mol. The Labute approximate surface area is 170 Å². The summed E-state index contributed by atoms with van der Waals surface area (Å²) in [5.74, 6) is -0.0277. The van der Waals surface area contributed by atoms with Gasteiger partial charge >= 0.3 is 6.09 Å². The minimum Gasteiger partial charge on any atom is -0.446 e. The van der Waals surface area contributed by atoms with Gasteiger partial charge in [-0.2, -0.15) is 5.10 Å². The first-order chi connectivity index (χ1) is 14.0. The highest BCUT2D eigenvalue weighted by molar-refractivity contribution is 6.03. The summed E-state index contributed by atoms with van der Waals surface area (Å²) in [6, 6.07) is 6.31. The van der Waals surface area contributed by atoms with Crippen LogP contribution in [-0.4, -0.2) is 40.5 Å². The molecule has 1 aliphatic heterocycles. The zero-order valence-electron chi connectivity index (χ0n) is 16.9. The van der Waals surface area contributed by atoms with Crippen LogP contribution in [-0.2, 0) is 9.53 Å². The van der Waals surface area contributed by atoms with Gasteiger partial charge in [0.25, 0.3) is 0 Å². The van der Waals surface area contributed by atoms with Gasteiger partial charge in [-0.1, -0.05) is 6.07 Å². The van der Waals surface area contributed by atoms with E-state index in [1.165, 1.54) is 12.8 Å². The van der Waals surface area contributed by atoms with E-state index in [1.807, 2.05) is 36.0 Å². The molecule has 7 heteroatoms. The van der Waals surface area contributed by atoms with Gasteiger partial charge in [-0.25, -0.2) is 4.79 Å². The van der Waals surface area contributed by atoms with Crippen molar-refractivity contribution in [1.29, 1.82) is 0 Å². The smallest absolute Gasteiger partial charge is 0.414 e. The van der Waals surface area contributed by atoms with E-state index in [4.69, 9.17) is 4.74 Å². The van der Waals surface area contributed by atoms with E-state index >= 15 is 0 Å². The summed E-state index contributed by atoms with van der Waals surface area (Å²) in [5.41, 5.74) is 3.47. The molecular formula is C22H26N4O3. The maximum absolute atomic E-state index is 12.9. The Kier molecular flexibility index (Phi) is 4.33. The van der Waals surface area contributed by atoms with E-state index in [1.54, 1.807) is 16.7 Å². The van der Waals surface area contributed by atoms with Gasteiger partial charge in [0.1, 0.15) is 6.10 Å². The molecule has 0 bridgehead atoms. The molecule has 2 amide bonds. The minimum absolute atomic E-state index is 0.0204. The number of benzene rings is 1. The highest BCUT2D eigenvalue weighted by Crippen LogP contribution is 2.40. The summed E-state index contributed by atoms with van der Waals surface area (Å²) >= 11 is 0. The fourth-order valence-electron chi connectivity index (χ4n) is 4.18. The minimum atomic E-state index is -0.322. The zero-order chi connectivity index (χ0) is 20.1. The summed E-state index contributed by atoms with van der Waals surface area (Å²) in [6.45, 7) is 3.95. The van der Waals surface area contributed by atoms with Crippen LogP contribution in [0.4, 0.5) is 16.2 Å². The Morgan fingerprint density at radius 3 is 2.55 bits per heavy atom. The lowest BCUT2D eigenvalue weighted by atomic mass is 9.96. The highest BCUT2D eigenvalue weighted by atomic mass is 16.6. The van der Waals surface area contributed by atoms with E-state index < -0.39 is 0 Å². The van der Waals surface area contributed by atoms with E-state index in [2.05, 4.69) is 11.3 Å². The molecule has 1 aromatic carbocycles. The van der Waals surface area contributed by atoms with Crippen molar-refractivity contribution in [1.82, 2.24) is 9.78 Å². The van der Waals surface area contributed by atoms with Crippen LogP contribution in [0.1, 0.15) is 52.0 Å². The van der Waals surface area contributed by atoms with Crippen LogP contribution in [0, 0.1) is 0 Å². The molecule has 2 aliphatic carbocycles. The van der Waals surface area contributed by atoms with Gasteiger partial charge in [-0.15, -0.1) is 0 Å². The van der Waals surface area contributed by atoms with Crippen molar-refractivity contribution in [3.63, 3.8) is 0 Å². The third-order valence-electron chi connectivity index (χ3n) is 6.15. The molecule has 1 unspecified atom stereocenters. The molecule has 1 atom stereocenters. The van der Waals surface area contributed by atoms with Crippen molar-refractivity contribution in [2.45, 2.75) is 64.1 Å². The third kappa shape index (κ3) is 3.28. The van der Waals surface area contributed by atoms with Gasteiger partial charge in [0.05, 0.1) is 29.7 Å². The Hall–Kier alpha value is -2.83. The van der Waals surface area contributed by atoms with E-state index in [-0.39, 0.29) is 24.1 Å². The quantitative estimate of drug-likeness (QED) is 0.785. The van der Waals surface area contributed by atoms with Gasteiger partial charge < -0.3 is 9.64 Å². The lowest BCUT2D eigenvalue weighted by Crippen LogP contribution is -2.52. The normalized spacial score (nSPS) is 21.5. The van der Waals surface area contributed by atoms with Crippen LogP contribution in [0.15, 0.2) is 30.6 Å². The van der Waals surface area contributed by atoms with E-state index in [0.29, 0.717) is 12.6 Å². The fourth-order valence-corrected chi connectivity index (χ4v) is 4.18. The summed E-state index contributed by atoms with van der Waals surface area (Å²) in [6.07, 6.45) is 8.96. The van der Waals surface area contributed by atoms with Gasteiger partial charge in [-0.05, 0) is 56.7 Å². The molecule has 0 saturated heterocycles. The van der Waals surface area contributed by atoms with Crippen LogP contribution in [0.5, 0.6) is 0 Å². The molecule has 1 aromatic heterocycles. The number of fused-ring (bicyclic) bond motifs is 1. The molecule has 0 N–H and O–H groups in total. The SMILES string of the molecule is CC(=O)N1c2ccc(-c3cnn(C4CC4)c3)cc2N(C(=O)OC2CCC2)CC1C. The zero-order valence-corrected chi connectivity index (χ0v) is 16.9. The fraction of sp³-hybridized carbons (Fsp3) is 0.500. The first-order valence-corrected chi connectivity index (χ1v) is 10.5. The first kappa shape index (κ1) is 18.2. The lowest BCUT2D eigenvalue weighted by Gasteiger charge is -2.41. The van der Waals surface area contributed by atoms with E-state index in [9.17, 15) is 9.59 Å². The predicted octanol–water partition coefficient (Wildman–Crippen LogP) is 4.14. The monoisotopic (exact) mass is 394 g/mol. The molecule has 0 spiro atoms. The van der Waals surface area contributed by atoms with Crippen LogP contribution < -0.4 is 9.80 Å². The maximum atomic E-state index is 12.9. The second kappa shape index (κ2) is 6.90. The Balaban J connectivity index is 1.52.